The van der Waals surface area contributed by atoms with Crippen molar-refractivity contribution in [2.75, 3.05) is 0 Å². The van der Waals surface area contributed by atoms with Crippen LogP contribution in [0.5, 0.6) is 0 Å². The van der Waals surface area contributed by atoms with E-state index in [9.17, 15) is 5.11 Å². The molecule has 0 saturated carbocycles. The molecule has 0 saturated heterocycles. The fourth-order valence-corrected chi connectivity index (χ4v) is 1.29. The number of rotatable bonds is 4. The van der Waals surface area contributed by atoms with Gasteiger partial charge >= 0.3 is 0 Å². The number of nitrogens with zero attached hydrogens (tertiary/aromatic N) is 2. The van der Waals surface area contributed by atoms with Crippen LogP contribution in [0, 0.1) is 11.3 Å². The third kappa shape index (κ3) is 2.33. The molecule has 0 aliphatic carbocycles. The van der Waals surface area contributed by atoms with E-state index in [1.165, 1.54) is 0 Å². The van der Waals surface area contributed by atoms with Gasteiger partial charge in [0.25, 0.3) is 0 Å². The minimum atomic E-state index is -0.660. The second kappa shape index (κ2) is 4.77. The van der Waals surface area contributed by atoms with Crippen LogP contribution < -0.4 is 0 Å². The Labute approximate surface area is 83.6 Å². The number of nitrogens with one attached hydrogen (secondary N) is 1. The maximum Gasteiger partial charge on any atom is 0.164 e. The molecule has 14 heavy (non-hydrogen) atoms. The van der Waals surface area contributed by atoms with E-state index in [1.54, 1.807) is 6.92 Å². The van der Waals surface area contributed by atoms with Gasteiger partial charge in [-0.15, -0.1) is 0 Å². The van der Waals surface area contributed by atoms with Gasteiger partial charge < -0.3 is 10.1 Å². The lowest BCUT2D eigenvalue weighted by Gasteiger charge is -1.99. The molecule has 4 heteroatoms. The van der Waals surface area contributed by atoms with Gasteiger partial charge in [0.1, 0.15) is 11.9 Å². The summed E-state index contributed by atoms with van der Waals surface area (Å²) in [6.45, 7) is 3.72. The van der Waals surface area contributed by atoms with Crippen molar-refractivity contribution in [2.24, 2.45) is 0 Å². The number of hydrogen-bond acceptors (Lipinski definition) is 3. The van der Waals surface area contributed by atoms with E-state index in [0.29, 0.717) is 11.4 Å². The molecule has 76 valence electrons. The number of aliphatic hydroxyl groups is 1. The Morgan fingerprint density at radius 1 is 1.64 bits per heavy atom. The molecule has 1 aromatic rings. The van der Waals surface area contributed by atoms with Crippen molar-refractivity contribution in [3.63, 3.8) is 0 Å². The summed E-state index contributed by atoms with van der Waals surface area (Å²) >= 11 is 0. The summed E-state index contributed by atoms with van der Waals surface area (Å²) in [5.41, 5.74) is 0.838. The van der Waals surface area contributed by atoms with Crippen molar-refractivity contribution in [2.45, 2.75) is 39.2 Å². The van der Waals surface area contributed by atoms with E-state index in [1.807, 2.05) is 6.07 Å². The smallest absolute Gasteiger partial charge is 0.164 e. The second-order valence-electron chi connectivity index (χ2n) is 3.34. The zero-order valence-corrected chi connectivity index (χ0v) is 8.54. The topological polar surface area (TPSA) is 72.7 Å². The quantitative estimate of drug-likeness (QED) is 0.764. The summed E-state index contributed by atoms with van der Waals surface area (Å²) in [5.74, 6) is 0.791. The summed E-state index contributed by atoms with van der Waals surface area (Å²) < 4.78 is 0. The maximum atomic E-state index is 9.35. The van der Waals surface area contributed by atoms with Crippen LogP contribution in [0.15, 0.2) is 0 Å². The number of nitriles is 1. The Kier molecular flexibility index (Phi) is 3.66. The van der Waals surface area contributed by atoms with Crippen molar-refractivity contribution < 1.29 is 5.11 Å². The summed E-state index contributed by atoms with van der Waals surface area (Å²) in [6.07, 6.45) is 2.30. The number of aryl methyl sites for hydroxylation is 1. The molecule has 0 fully saturated rings. The molecule has 1 unspecified atom stereocenters. The number of aliphatic hydroxyl groups excluding tert-OH is 1. The monoisotopic (exact) mass is 193 g/mol. The number of aromatic amines is 1. The lowest BCUT2D eigenvalue weighted by atomic mass is 10.2. The summed E-state index contributed by atoms with van der Waals surface area (Å²) in [6, 6.07) is 1.97. The van der Waals surface area contributed by atoms with Crippen LogP contribution in [-0.2, 0) is 6.42 Å². The van der Waals surface area contributed by atoms with Crippen molar-refractivity contribution in [1.82, 2.24) is 9.97 Å². The molecule has 1 atom stereocenters. The van der Waals surface area contributed by atoms with E-state index in [-0.39, 0.29) is 0 Å². The summed E-state index contributed by atoms with van der Waals surface area (Å²) in [5, 5.41) is 18.1. The fraction of sp³-hybridized carbons (Fsp3) is 0.600. The molecule has 0 amide bonds. The van der Waals surface area contributed by atoms with Crippen LogP contribution in [0.2, 0.25) is 0 Å². The van der Waals surface area contributed by atoms with E-state index < -0.39 is 6.10 Å². The van der Waals surface area contributed by atoms with Crippen LogP contribution in [0.3, 0.4) is 0 Å². The predicted octanol–water partition coefficient (Wildman–Crippen LogP) is 1.68. The number of unbranched alkanes of at least 4 members (excludes halogenated alkanes) is 1. The fourth-order valence-electron chi connectivity index (χ4n) is 1.29. The van der Waals surface area contributed by atoms with Crippen LogP contribution in [0.1, 0.15) is 50.0 Å². The van der Waals surface area contributed by atoms with E-state index in [0.717, 1.165) is 25.1 Å². The number of imidazole rings is 1. The van der Waals surface area contributed by atoms with Gasteiger partial charge in [-0.2, -0.15) is 5.26 Å². The zero-order chi connectivity index (χ0) is 10.6. The molecule has 0 radical (unpaired) electrons. The first kappa shape index (κ1) is 10.7. The largest absolute Gasteiger partial charge is 0.387 e. The maximum absolute atomic E-state index is 9.35. The average molecular weight is 193 g/mol. The molecule has 4 nitrogen and oxygen atoms in total. The first-order valence-electron chi connectivity index (χ1n) is 4.86. The molecule has 1 aromatic heterocycles. The van der Waals surface area contributed by atoms with Gasteiger partial charge in [-0.1, -0.05) is 13.3 Å². The van der Waals surface area contributed by atoms with E-state index in [4.69, 9.17) is 5.26 Å². The molecule has 1 heterocycles. The molecular formula is C10H15N3O. The highest BCUT2D eigenvalue weighted by Crippen LogP contribution is 2.15. The van der Waals surface area contributed by atoms with Crippen molar-refractivity contribution in [3.05, 3.63) is 17.2 Å². The third-order valence-electron chi connectivity index (χ3n) is 2.07. The van der Waals surface area contributed by atoms with Crippen LogP contribution in [0.25, 0.3) is 0 Å². The molecule has 0 aliphatic rings. The Balaban J connectivity index is 2.85. The highest BCUT2D eigenvalue weighted by Gasteiger charge is 2.13. The van der Waals surface area contributed by atoms with Gasteiger partial charge in [0.2, 0.25) is 0 Å². The Hall–Kier alpha value is -1.34. The normalized spacial score (nSPS) is 12.4. The van der Waals surface area contributed by atoms with Gasteiger partial charge in [-0.25, -0.2) is 4.98 Å². The minimum absolute atomic E-state index is 0.311. The average Bonchev–Trinajstić information content (AvgIpc) is 2.57. The van der Waals surface area contributed by atoms with Crippen LogP contribution in [0.4, 0.5) is 0 Å². The molecule has 0 aromatic carbocycles. The Morgan fingerprint density at radius 2 is 2.36 bits per heavy atom. The first-order chi connectivity index (χ1) is 6.69. The first-order valence-corrected chi connectivity index (χ1v) is 4.86. The lowest BCUT2D eigenvalue weighted by molar-refractivity contribution is 0.194. The zero-order valence-electron chi connectivity index (χ0n) is 8.54. The van der Waals surface area contributed by atoms with Gasteiger partial charge in [-0.3, -0.25) is 0 Å². The van der Waals surface area contributed by atoms with Gasteiger partial charge in [-0.05, 0) is 13.3 Å². The van der Waals surface area contributed by atoms with Gasteiger partial charge in [0, 0.05) is 6.42 Å². The molecular weight excluding hydrogens is 178 g/mol. The number of hydrogen-bond donors (Lipinski definition) is 2. The standard InChI is InChI=1S/C10H15N3O/c1-3-4-5-9-12-8(6-11)10(13-9)7(2)14/h7,14H,3-5H2,1-2H3,(H,12,13). The highest BCUT2D eigenvalue weighted by molar-refractivity contribution is 5.28. The third-order valence-corrected chi connectivity index (χ3v) is 2.07. The van der Waals surface area contributed by atoms with Gasteiger partial charge in [0.15, 0.2) is 5.69 Å². The minimum Gasteiger partial charge on any atom is -0.387 e. The van der Waals surface area contributed by atoms with E-state index in [2.05, 4.69) is 16.9 Å². The van der Waals surface area contributed by atoms with Crippen molar-refractivity contribution >= 4 is 0 Å². The number of aromatic nitrogens is 2. The van der Waals surface area contributed by atoms with Crippen LogP contribution in [-0.4, -0.2) is 15.1 Å². The highest BCUT2D eigenvalue weighted by atomic mass is 16.3. The Morgan fingerprint density at radius 3 is 2.79 bits per heavy atom. The molecule has 0 spiro atoms. The predicted molar refractivity (Wildman–Crippen MR) is 52.5 cm³/mol. The lowest BCUT2D eigenvalue weighted by Crippen LogP contribution is -1.94. The van der Waals surface area contributed by atoms with Crippen LogP contribution >= 0.6 is 0 Å². The second-order valence-corrected chi connectivity index (χ2v) is 3.34. The molecule has 0 bridgehead atoms. The van der Waals surface area contributed by atoms with Crippen molar-refractivity contribution in [1.29, 1.82) is 5.26 Å². The summed E-state index contributed by atoms with van der Waals surface area (Å²) in [4.78, 5) is 7.09. The van der Waals surface area contributed by atoms with Crippen molar-refractivity contribution in [3.8, 4) is 6.07 Å². The molecule has 1 rings (SSSR count). The SMILES string of the molecule is CCCCc1nc(C#N)c(C(C)O)[nH]1. The Bertz CT molecular complexity index is 336. The summed E-state index contributed by atoms with van der Waals surface area (Å²) in [7, 11) is 0. The van der Waals surface area contributed by atoms with Gasteiger partial charge in [0.05, 0.1) is 11.8 Å². The molecule has 0 aliphatic heterocycles. The van der Waals surface area contributed by atoms with E-state index >= 15 is 0 Å². The molecule has 2 N–H and O–H groups in total. The number of H-pyrrole nitrogens is 1.